The molecule has 2 aromatic rings. The molecule has 0 aliphatic rings. The first-order valence-electron chi connectivity index (χ1n) is 6.95. The highest BCUT2D eigenvalue weighted by atomic mass is 16.4. The van der Waals surface area contributed by atoms with Crippen molar-refractivity contribution in [1.82, 2.24) is 4.57 Å². The zero-order valence-electron chi connectivity index (χ0n) is 12.8. The summed E-state index contributed by atoms with van der Waals surface area (Å²) >= 11 is 0. The number of hydrogen-bond donors (Lipinski definition) is 1. The second-order valence-corrected chi connectivity index (χ2v) is 5.48. The summed E-state index contributed by atoms with van der Waals surface area (Å²) in [6, 6.07) is 7.45. The molecule has 1 aromatic heterocycles. The van der Waals surface area contributed by atoms with Crippen LogP contribution >= 0.6 is 0 Å². The molecular formula is C17H20N2O2. The molecule has 4 heteroatoms. The van der Waals surface area contributed by atoms with Crippen molar-refractivity contribution in [2.24, 2.45) is 4.99 Å². The fraction of sp³-hybridized carbons (Fsp3) is 0.294. The summed E-state index contributed by atoms with van der Waals surface area (Å²) in [5.41, 5.74) is 4.09. The molecule has 0 aliphatic carbocycles. The van der Waals surface area contributed by atoms with E-state index in [2.05, 4.69) is 42.6 Å². The summed E-state index contributed by atoms with van der Waals surface area (Å²) in [6.07, 6.45) is 3.83. The Bertz CT molecular complexity index is 697. The highest BCUT2D eigenvalue weighted by molar-refractivity contribution is 5.89. The first-order chi connectivity index (χ1) is 9.88. The summed E-state index contributed by atoms with van der Waals surface area (Å²) in [5, 5.41) is 9.03. The first kappa shape index (κ1) is 15.0. The van der Waals surface area contributed by atoms with Crippen LogP contribution in [0.5, 0.6) is 0 Å². The third-order valence-corrected chi connectivity index (χ3v) is 3.44. The van der Waals surface area contributed by atoms with Crippen LogP contribution < -0.4 is 0 Å². The number of carboxylic acid groups (broad SMARTS) is 1. The van der Waals surface area contributed by atoms with E-state index in [1.807, 2.05) is 6.92 Å². The molecular weight excluding hydrogens is 264 g/mol. The Morgan fingerprint density at radius 1 is 1.29 bits per heavy atom. The number of hydrogen-bond acceptors (Lipinski definition) is 2. The Labute approximate surface area is 124 Å². The van der Waals surface area contributed by atoms with Crippen LogP contribution in [0.25, 0.3) is 0 Å². The van der Waals surface area contributed by atoms with Crippen molar-refractivity contribution in [3.63, 3.8) is 0 Å². The van der Waals surface area contributed by atoms with Gasteiger partial charge in [-0.1, -0.05) is 6.07 Å². The fourth-order valence-corrected chi connectivity index (χ4v) is 2.27. The van der Waals surface area contributed by atoms with Gasteiger partial charge in [-0.15, -0.1) is 0 Å². The third kappa shape index (κ3) is 3.40. The second kappa shape index (κ2) is 5.95. The van der Waals surface area contributed by atoms with Crippen molar-refractivity contribution in [3.8, 4) is 0 Å². The van der Waals surface area contributed by atoms with Crippen molar-refractivity contribution in [3.05, 3.63) is 52.8 Å². The lowest BCUT2D eigenvalue weighted by atomic mass is 10.1. The van der Waals surface area contributed by atoms with E-state index in [4.69, 9.17) is 5.11 Å². The predicted octanol–water partition coefficient (Wildman–Crippen LogP) is 4.13. The van der Waals surface area contributed by atoms with Crippen LogP contribution in [0.3, 0.4) is 0 Å². The lowest BCUT2D eigenvalue weighted by Crippen LogP contribution is -2.00. The second-order valence-electron chi connectivity index (χ2n) is 5.48. The molecule has 0 aliphatic heterocycles. The van der Waals surface area contributed by atoms with E-state index in [9.17, 15) is 4.79 Å². The molecule has 0 bridgehead atoms. The number of nitrogens with zero attached hydrogens (tertiary/aromatic N) is 2. The number of aliphatic imine (C=N–C) groups is 1. The van der Waals surface area contributed by atoms with Gasteiger partial charge in [-0.2, -0.15) is 0 Å². The van der Waals surface area contributed by atoms with Gasteiger partial charge in [0.15, 0.2) is 0 Å². The molecule has 1 heterocycles. The molecule has 0 fully saturated rings. The maximum Gasteiger partial charge on any atom is 0.335 e. The predicted molar refractivity (Wildman–Crippen MR) is 84.9 cm³/mol. The number of aromatic carboxylic acids is 1. The van der Waals surface area contributed by atoms with Gasteiger partial charge in [-0.3, -0.25) is 4.99 Å². The van der Waals surface area contributed by atoms with E-state index in [1.54, 1.807) is 24.4 Å². The van der Waals surface area contributed by atoms with Gasteiger partial charge in [0.05, 0.1) is 11.3 Å². The Kier molecular flexibility index (Phi) is 4.26. The molecule has 0 amide bonds. The van der Waals surface area contributed by atoms with Crippen LogP contribution in [-0.2, 0) is 0 Å². The highest BCUT2D eigenvalue weighted by Crippen LogP contribution is 2.21. The molecule has 0 radical (unpaired) electrons. The standard InChI is InChI=1S/C17H20N2O2/c1-11(2)19-10-14(7-13(19)4)9-18-16-8-15(17(20)21)6-5-12(16)3/h5-11H,1-4H3,(H,20,21). The molecule has 21 heavy (non-hydrogen) atoms. The molecule has 0 saturated carbocycles. The van der Waals surface area contributed by atoms with E-state index in [0.717, 1.165) is 11.1 Å². The normalized spacial score (nSPS) is 11.5. The van der Waals surface area contributed by atoms with Gasteiger partial charge in [0.25, 0.3) is 0 Å². The molecule has 0 unspecified atom stereocenters. The lowest BCUT2D eigenvalue weighted by Gasteiger charge is -2.08. The number of aryl methyl sites for hydroxylation is 2. The lowest BCUT2D eigenvalue weighted by molar-refractivity contribution is 0.0697. The van der Waals surface area contributed by atoms with E-state index in [1.165, 1.54) is 5.69 Å². The molecule has 110 valence electrons. The SMILES string of the molecule is Cc1ccc(C(=O)O)cc1N=Cc1cc(C)n(C(C)C)c1. The van der Waals surface area contributed by atoms with Crippen molar-refractivity contribution in [2.75, 3.05) is 0 Å². The average Bonchev–Trinajstić information content (AvgIpc) is 2.79. The van der Waals surface area contributed by atoms with Gasteiger partial charge in [0.1, 0.15) is 0 Å². The Hall–Kier alpha value is -2.36. The van der Waals surface area contributed by atoms with Crippen LogP contribution in [0.1, 0.15) is 47.1 Å². The topological polar surface area (TPSA) is 54.6 Å². The van der Waals surface area contributed by atoms with Crippen LogP contribution in [0.15, 0.2) is 35.5 Å². The van der Waals surface area contributed by atoms with E-state index in [0.29, 0.717) is 11.7 Å². The zero-order valence-corrected chi connectivity index (χ0v) is 12.8. The number of rotatable bonds is 4. The first-order valence-corrected chi connectivity index (χ1v) is 6.95. The quantitative estimate of drug-likeness (QED) is 0.858. The number of carbonyl (C=O) groups is 1. The minimum absolute atomic E-state index is 0.253. The van der Waals surface area contributed by atoms with Crippen LogP contribution in [-0.4, -0.2) is 21.9 Å². The molecule has 0 spiro atoms. The van der Waals surface area contributed by atoms with Crippen LogP contribution in [0.2, 0.25) is 0 Å². The van der Waals surface area contributed by atoms with Crippen molar-refractivity contribution in [1.29, 1.82) is 0 Å². The summed E-state index contributed by atoms with van der Waals surface area (Å²) in [5.74, 6) is -0.937. The minimum atomic E-state index is -0.937. The third-order valence-electron chi connectivity index (χ3n) is 3.44. The Morgan fingerprint density at radius 2 is 2.00 bits per heavy atom. The molecule has 4 nitrogen and oxygen atoms in total. The van der Waals surface area contributed by atoms with Gasteiger partial charge in [0, 0.05) is 29.7 Å². The van der Waals surface area contributed by atoms with E-state index >= 15 is 0 Å². The summed E-state index contributed by atoms with van der Waals surface area (Å²) in [6.45, 7) is 8.25. The number of carboxylic acids is 1. The largest absolute Gasteiger partial charge is 0.478 e. The van der Waals surface area contributed by atoms with Gasteiger partial charge in [-0.25, -0.2) is 4.79 Å². The van der Waals surface area contributed by atoms with Gasteiger partial charge < -0.3 is 9.67 Å². The fourth-order valence-electron chi connectivity index (χ4n) is 2.27. The van der Waals surface area contributed by atoms with Crippen LogP contribution in [0, 0.1) is 13.8 Å². The van der Waals surface area contributed by atoms with Gasteiger partial charge >= 0.3 is 5.97 Å². The number of benzene rings is 1. The van der Waals surface area contributed by atoms with Gasteiger partial charge in [-0.05, 0) is 51.5 Å². The van der Waals surface area contributed by atoms with Crippen molar-refractivity contribution in [2.45, 2.75) is 33.7 Å². The van der Waals surface area contributed by atoms with Crippen LogP contribution in [0.4, 0.5) is 5.69 Å². The minimum Gasteiger partial charge on any atom is -0.478 e. The van der Waals surface area contributed by atoms with E-state index < -0.39 is 5.97 Å². The van der Waals surface area contributed by atoms with Gasteiger partial charge in [0.2, 0.25) is 0 Å². The van der Waals surface area contributed by atoms with Crippen molar-refractivity contribution >= 4 is 17.9 Å². The molecule has 2 rings (SSSR count). The summed E-state index contributed by atoms with van der Waals surface area (Å²) in [7, 11) is 0. The Morgan fingerprint density at radius 3 is 2.57 bits per heavy atom. The maximum atomic E-state index is 11.0. The van der Waals surface area contributed by atoms with E-state index in [-0.39, 0.29) is 5.56 Å². The smallest absolute Gasteiger partial charge is 0.335 e. The molecule has 0 atom stereocenters. The summed E-state index contributed by atoms with van der Waals surface area (Å²) in [4.78, 5) is 15.4. The van der Waals surface area contributed by atoms with Crippen molar-refractivity contribution < 1.29 is 9.90 Å². The highest BCUT2D eigenvalue weighted by Gasteiger charge is 2.06. The molecule has 0 saturated heterocycles. The monoisotopic (exact) mass is 284 g/mol. The average molecular weight is 284 g/mol. The zero-order chi connectivity index (χ0) is 15.6. The number of aromatic nitrogens is 1. The summed E-state index contributed by atoms with van der Waals surface area (Å²) < 4.78 is 2.18. The maximum absolute atomic E-state index is 11.0. The molecule has 1 N–H and O–H groups in total. The molecule has 1 aromatic carbocycles. The Balaban J connectivity index is 2.31.